The molecule has 208 valence electrons. The number of carboxylic acid groups (broad SMARTS) is 3. The highest BCUT2D eigenvalue weighted by molar-refractivity contribution is 5.70. The van der Waals surface area contributed by atoms with Gasteiger partial charge in [0, 0.05) is 39.3 Å². The van der Waals surface area contributed by atoms with Crippen LogP contribution in [0.4, 0.5) is 0 Å². The maximum Gasteiger partial charge on any atom is 0.317 e. The standard InChI is InChI=1S/C24H38N4O9/c1-3-8-24(35)23(37-19-6-4-18(36-2)5-7-19)27(16-21(31)32)14-13-26(15-20(29)30)11-9-25-10-12-28(24)17-22(33)34/h4-7,23,25,35H,3,8-17H2,1-2H3,(H,29,30)(H,31,32)(H,33,34). The highest BCUT2D eigenvalue weighted by Gasteiger charge is 2.47. The van der Waals surface area contributed by atoms with E-state index in [-0.39, 0.29) is 32.6 Å². The molecule has 13 heteroatoms. The van der Waals surface area contributed by atoms with Crippen molar-refractivity contribution in [3.8, 4) is 11.5 Å². The van der Waals surface area contributed by atoms with Gasteiger partial charge in [-0.3, -0.25) is 29.1 Å². The van der Waals surface area contributed by atoms with Crippen molar-refractivity contribution in [2.75, 3.05) is 66.0 Å². The van der Waals surface area contributed by atoms with Crippen LogP contribution in [0.3, 0.4) is 0 Å². The number of nitrogens with zero attached hydrogens (tertiary/aromatic N) is 3. The van der Waals surface area contributed by atoms with Crippen LogP contribution in [0.15, 0.2) is 24.3 Å². The Bertz CT molecular complexity index is 885. The van der Waals surface area contributed by atoms with Crippen molar-refractivity contribution in [3.05, 3.63) is 24.3 Å². The molecule has 1 heterocycles. The lowest BCUT2D eigenvalue weighted by atomic mass is 10.0. The predicted octanol–water partition coefficient (Wildman–Crippen LogP) is -0.348. The van der Waals surface area contributed by atoms with Crippen LogP contribution < -0.4 is 14.8 Å². The Morgan fingerprint density at radius 1 is 0.919 bits per heavy atom. The van der Waals surface area contributed by atoms with Gasteiger partial charge in [0.25, 0.3) is 0 Å². The zero-order valence-electron chi connectivity index (χ0n) is 21.3. The third-order valence-corrected chi connectivity index (χ3v) is 6.09. The maximum absolute atomic E-state index is 12.1. The molecule has 0 radical (unpaired) electrons. The summed E-state index contributed by atoms with van der Waals surface area (Å²) in [5.74, 6) is -2.45. The molecule has 0 saturated carbocycles. The largest absolute Gasteiger partial charge is 0.497 e. The Morgan fingerprint density at radius 2 is 1.51 bits per heavy atom. The number of hydrogen-bond acceptors (Lipinski definition) is 10. The molecule has 2 rings (SSSR count). The van der Waals surface area contributed by atoms with Gasteiger partial charge in [0.2, 0.25) is 0 Å². The van der Waals surface area contributed by atoms with E-state index in [1.54, 1.807) is 29.2 Å². The molecule has 37 heavy (non-hydrogen) atoms. The molecule has 0 aromatic heterocycles. The Kier molecular flexibility index (Phi) is 12.0. The second kappa shape index (κ2) is 14.7. The first-order valence-electron chi connectivity index (χ1n) is 12.2. The smallest absolute Gasteiger partial charge is 0.317 e. The second-order valence-electron chi connectivity index (χ2n) is 8.87. The van der Waals surface area contributed by atoms with Crippen LogP contribution in [-0.4, -0.2) is 131 Å². The highest BCUT2D eigenvalue weighted by Crippen LogP contribution is 2.30. The molecule has 13 nitrogen and oxygen atoms in total. The molecule has 0 amide bonds. The third kappa shape index (κ3) is 9.44. The molecule has 1 aliphatic rings. The molecule has 1 aromatic rings. The fourth-order valence-electron chi connectivity index (χ4n) is 4.38. The summed E-state index contributed by atoms with van der Waals surface area (Å²) in [6.07, 6.45) is -0.743. The lowest BCUT2D eigenvalue weighted by Crippen LogP contribution is -2.67. The predicted molar refractivity (Wildman–Crippen MR) is 133 cm³/mol. The van der Waals surface area contributed by atoms with Crippen molar-refractivity contribution in [3.63, 3.8) is 0 Å². The molecule has 1 saturated heterocycles. The number of carbonyl (C=O) groups is 3. The summed E-state index contributed by atoms with van der Waals surface area (Å²) in [6.45, 7) is 2.07. The fourth-order valence-corrected chi connectivity index (χ4v) is 4.38. The van der Waals surface area contributed by atoms with Crippen molar-refractivity contribution in [2.24, 2.45) is 0 Å². The summed E-state index contributed by atoms with van der Waals surface area (Å²) in [6, 6.07) is 6.53. The Balaban J connectivity index is 2.58. The van der Waals surface area contributed by atoms with Gasteiger partial charge in [-0.05, 0) is 30.7 Å². The maximum atomic E-state index is 12.1. The minimum absolute atomic E-state index is 0.0489. The van der Waals surface area contributed by atoms with Crippen molar-refractivity contribution in [1.82, 2.24) is 20.0 Å². The lowest BCUT2D eigenvalue weighted by Gasteiger charge is -2.48. The van der Waals surface area contributed by atoms with Gasteiger partial charge in [0.1, 0.15) is 11.5 Å². The van der Waals surface area contributed by atoms with Crippen LogP contribution in [-0.2, 0) is 14.4 Å². The molecule has 2 unspecified atom stereocenters. The summed E-state index contributed by atoms with van der Waals surface area (Å²) in [7, 11) is 1.51. The van der Waals surface area contributed by atoms with Crippen LogP contribution in [0.25, 0.3) is 0 Å². The van der Waals surface area contributed by atoms with Gasteiger partial charge in [-0.15, -0.1) is 0 Å². The van der Waals surface area contributed by atoms with Gasteiger partial charge in [0.15, 0.2) is 12.0 Å². The van der Waals surface area contributed by atoms with Gasteiger partial charge in [-0.25, -0.2) is 0 Å². The molecule has 5 N–H and O–H groups in total. The Labute approximate surface area is 216 Å². The summed E-state index contributed by atoms with van der Waals surface area (Å²) in [4.78, 5) is 39.5. The molecule has 2 atom stereocenters. The zero-order valence-corrected chi connectivity index (χ0v) is 21.3. The lowest BCUT2D eigenvalue weighted by molar-refractivity contribution is -0.223. The number of hydrogen-bond donors (Lipinski definition) is 5. The van der Waals surface area contributed by atoms with Crippen molar-refractivity contribution in [2.45, 2.75) is 31.7 Å². The van der Waals surface area contributed by atoms with Gasteiger partial charge < -0.3 is 35.2 Å². The monoisotopic (exact) mass is 526 g/mol. The highest BCUT2D eigenvalue weighted by atomic mass is 16.5. The summed E-state index contributed by atoms with van der Waals surface area (Å²) < 4.78 is 11.4. The molecule has 0 aliphatic carbocycles. The van der Waals surface area contributed by atoms with Gasteiger partial charge in [0.05, 0.1) is 26.7 Å². The van der Waals surface area contributed by atoms with Crippen LogP contribution in [0.2, 0.25) is 0 Å². The molecule has 0 bridgehead atoms. The summed E-state index contributed by atoms with van der Waals surface area (Å²) in [5, 5.41) is 43.9. The number of rotatable bonds is 11. The summed E-state index contributed by atoms with van der Waals surface area (Å²) in [5.41, 5.74) is -1.89. The van der Waals surface area contributed by atoms with Crippen LogP contribution >= 0.6 is 0 Å². The van der Waals surface area contributed by atoms with Crippen LogP contribution in [0, 0.1) is 0 Å². The first-order chi connectivity index (χ1) is 17.6. The zero-order chi connectivity index (χ0) is 27.4. The molecule has 1 fully saturated rings. The van der Waals surface area contributed by atoms with E-state index in [0.717, 1.165) is 0 Å². The number of benzene rings is 1. The van der Waals surface area contributed by atoms with E-state index >= 15 is 0 Å². The van der Waals surface area contributed by atoms with Crippen molar-refractivity contribution >= 4 is 17.9 Å². The van der Waals surface area contributed by atoms with Gasteiger partial charge in [-0.1, -0.05) is 13.3 Å². The van der Waals surface area contributed by atoms with E-state index < -0.39 is 43.0 Å². The number of ether oxygens (including phenoxy) is 2. The van der Waals surface area contributed by atoms with Gasteiger partial charge >= 0.3 is 17.9 Å². The van der Waals surface area contributed by atoms with Crippen molar-refractivity contribution < 1.29 is 44.3 Å². The number of aliphatic hydroxyl groups is 1. The molecule has 0 spiro atoms. The first-order valence-corrected chi connectivity index (χ1v) is 12.2. The molecule has 1 aromatic carbocycles. The normalized spacial score (nSPS) is 22.9. The van der Waals surface area contributed by atoms with E-state index in [1.807, 2.05) is 6.92 Å². The number of aliphatic carboxylic acids is 3. The number of methoxy groups -OCH3 is 1. The average Bonchev–Trinajstić information content (AvgIpc) is 2.83. The van der Waals surface area contributed by atoms with E-state index in [0.29, 0.717) is 37.6 Å². The number of nitrogens with one attached hydrogen (secondary N) is 1. The summed E-state index contributed by atoms with van der Waals surface area (Å²) >= 11 is 0. The van der Waals surface area contributed by atoms with E-state index in [9.17, 15) is 34.8 Å². The average molecular weight is 527 g/mol. The minimum Gasteiger partial charge on any atom is -0.497 e. The molecule has 1 aliphatic heterocycles. The first kappa shape index (κ1) is 30.3. The van der Waals surface area contributed by atoms with Crippen LogP contribution in [0.1, 0.15) is 19.8 Å². The SMILES string of the molecule is CCCC1(O)C(Oc2ccc(OC)cc2)N(CC(=O)O)CCN(CC(=O)O)CCNCCN1CC(=O)O. The Morgan fingerprint density at radius 3 is 2.08 bits per heavy atom. The third-order valence-electron chi connectivity index (χ3n) is 6.09. The minimum atomic E-state index is -1.89. The number of carboxylic acids is 3. The van der Waals surface area contributed by atoms with E-state index in [1.165, 1.54) is 16.9 Å². The Hall–Kier alpha value is -2.97. The van der Waals surface area contributed by atoms with Gasteiger partial charge in [-0.2, -0.15) is 0 Å². The quantitative estimate of drug-likeness (QED) is 0.254. The topological polar surface area (TPSA) is 172 Å². The molecular formula is C24H38N4O9. The molecular weight excluding hydrogens is 488 g/mol. The fraction of sp³-hybridized carbons (Fsp3) is 0.625. The van der Waals surface area contributed by atoms with E-state index in [2.05, 4.69) is 5.32 Å². The second-order valence-corrected chi connectivity index (χ2v) is 8.87. The van der Waals surface area contributed by atoms with E-state index in [4.69, 9.17) is 9.47 Å². The van der Waals surface area contributed by atoms with Crippen LogP contribution in [0.5, 0.6) is 11.5 Å². The van der Waals surface area contributed by atoms with Crippen molar-refractivity contribution in [1.29, 1.82) is 0 Å².